The van der Waals surface area contributed by atoms with Crippen LogP contribution >= 0.6 is 22.6 Å². The Balaban J connectivity index is 0.000000387. The third-order valence-corrected chi connectivity index (χ3v) is 5.30. The third kappa shape index (κ3) is 8.18. The average Bonchev–Trinajstić information content (AvgIpc) is 2.58. The Bertz CT molecular complexity index is 821. The molecule has 0 fully saturated rings. The van der Waals surface area contributed by atoms with Gasteiger partial charge in [-0.2, -0.15) is 21.6 Å². The van der Waals surface area contributed by atoms with Gasteiger partial charge in [-0.1, -0.05) is 68.7 Å². The lowest BCUT2D eigenvalue weighted by Gasteiger charge is -2.11. The lowest BCUT2D eigenvalue weighted by molar-refractivity contribution is -0.0510. The average molecular weight is 514 g/mol. The number of unbranched alkanes of at least 4 members (excludes halogenated alkanes) is 3. The maximum atomic E-state index is 10.7. The summed E-state index contributed by atoms with van der Waals surface area (Å²) in [6.07, 6.45) is 6.50. The Morgan fingerprint density at radius 3 is 1.96 bits per heavy atom. The molecule has 2 aromatic rings. The molecule has 0 atom stereocenters. The largest absolute Gasteiger partial charge is 0.522 e. The smallest absolute Gasteiger partial charge is 0.279 e. The van der Waals surface area contributed by atoms with Crippen molar-refractivity contribution in [3.05, 3.63) is 57.7 Å². The standard InChI is InChI=1S/C18H21I.CHF3O3S/c1-2-3-4-5-10-15-11-6-7-12-16(15)17-13-8-9-14-18(17)19;2-1(3,4)8(5,6)7/h6-9,11-14H,2-5,10H2,1H3;(H,5,6,7). The van der Waals surface area contributed by atoms with E-state index in [1.165, 1.54) is 52.4 Å². The molecule has 0 spiro atoms. The van der Waals surface area contributed by atoms with Crippen LogP contribution in [-0.2, 0) is 16.5 Å². The molecule has 2 rings (SSSR count). The molecule has 2 aromatic carbocycles. The normalized spacial score (nSPS) is 11.6. The summed E-state index contributed by atoms with van der Waals surface area (Å²) in [7, 11) is -5.84. The molecule has 0 aliphatic heterocycles. The minimum Gasteiger partial charge on any atom is -0.279 e. The van der Waals surface area contributed by atoms with E-state index in [-0.39, 0.29) is 0 Å². The van der Waals surface area contributed by atoms with E-state index < -0.39 is 15.6 Å². The van der Waals surface area contributed by atoms with Gasteiger partial charge in [-0.25, -0.2) is 0 Å². The highest BCUT2D eigenvalue weighted by molar-refractivity contribution is 14.1. The van der Waals surface area contributed by atoms with Crippen LogP contribution in [0, 0.1) is 3.57 Å². The predicted octanol–water partition coefficient (Wildman–Crippen LogP) is 6.48. The van der Waals surface area contributed by atoms with Crippen molar-refractivity contribution in [2.45, 2.75) is 44.5 Å². The van der Waals surface area contributed by atoms with Crippen molar-refractivity contribution in [2.75, 3.05) is 0 Å². The van der Waals surface area contributed by atoms with Crippen molar-refractivity contribution in [1.82, 2.24) is 0 Å². The maximum Gasteiger partial charge on any atom is 0.522 e. The number of aryl methyl sites for hydroxylation is 1. The van der Waals surface area contributed by atoms with E-state index in [9.17, 15) is 13.2 Å². The van der Waals surface area contributed by atoms with Crippen LogP contribution in [0.4, 0.5) is 13.2 Å². The van der Waals surface area contributed by atoms with E-state index in [2.05, 4.69) is 78.0 Å². The molecule has 0 heterocycles. The minimum absolute atomic E-state index is 1.20. The quantitative estimate of drug-likeness (QED) is 0.208. The van der Waals surface area contributed by atoms with Gasteiger partial charge >= 0.3 is 15.6 Å². The van der Waals surface area contributed by atoms with Crippen LogP contribution in [0.15, 0.2) is 48.5 Å². The first kappa shape index (κ1) is 23.9. The number of alkyl halides is 3. The zero-order chi connectivity index (χ0) is 20.5. The summed E-state index contributed by atoms with van der Waals surface area (Å²) < 4.78 is 58.9. The zero-order valence-electron chi connectivity index (χ0n) is 14.8. The first-order valence-electron chi connectivity index (χ1n) is 8.44. The lowest BCUT2D eigenvalue weighted by atomic mass is 9.96. The first-order chi connectivity index (χ1) is 12.6. The monoisotopic (exact) mass is 514 g/mol. The molecule has 27 heavy (non-hydrogen) atoms. The Labute approximate surface area is 171 Å². The van der Waals surface area contributed by atoms with E-state index in [1.54, 1.807) is 0 Å². The van der Waals surface area contributed by atoms with Gasteiger partial charge in [0.2, 0.25) is 0 Å². The van der Waals surface area contributed by atoms with Crippen LogP contribution < -0.4 is 0 Å². The molecule has 0 radical (unpaired) electrons. The third-order valence-electron chi connectivity index (χ3n) is 3.77. The Morgan fingerprint density at radius 2 is 1.44 bits per heavy atom. The second-order valence-corrected chi connectivity index (χ2v) is 8.44. The molecule has 0 saturated heterocycles. The van der Waals surface area contributed by atoms with Gasteiger partial charge in [-0.05, 0) is 58.2 Å². The highest BCUT2D eigenvalue weighted by atomic mass is 127. The van der Waals surface area contributed by atoms with E-state index in [4.69, 9.17) is 13.0 Å². The molecule has 0 aliphatic carbocycles. The Kier molecular flexibility index (Phi) is 9.75. The summed E-state index contributed by atoms with van der Waals surface area (Å²) in [5.41, 5.74) is -1.27. The Morgan fingerprint density at radius 1 is 0.926 bits per heavy atom. The lowest BCUT2D eigenvalue weighted by Crippen LogP contribution is -2.21. The van der Waals surface area contributed by atoms with Crippen LogP contribution in [0.25, 0.3) is 11.1 Å². The number of hydrogen-bond donors (Lipinski definition) is 1. The molecule has 3 nitrogen and oxygen atoms in total. The Hall–Kier alpha value is -1.13. The fourth-order valence-electron chi connectivity index (χ4n) is 2.42. The van der Waals surface area contributed by atoms with Crippen LogP contribution in [0.5, 0.6) is 0 Å². The zero-order valence-corrected chi connectivity index (χ0v) is 17.8. The van der Waals surface area contributed by atoms with Crippen LogP contribution in [-0.4, -0.2) is 18.5 Å². The number of hydrogen-bond acceptors (Lipinski definition) is 2. The molecule has 0 saturated carbocycles. The van der Waals surface area contributed by atoms with Crippen molar-refractivity contribution in [3.8, 4) is 11.1 Å². The highest BCUT2D eigenvalue weighted by Gasteiger charge is 2.44. The van der Waals surface area contributed by atoms with Gasteiger partial charge in [0, 0.05) is 3.57 Å². The predicted molar refractivity (Wildman–Crippen MR) is 110 cm³/mol. The van der Waals surface area contributed by atoms with E-state index in [0.717, 1.165) is 0 Å². The van der Waals surface area contributed by atoms with Gasteiger partial charge in [0.25, 0.3) is 0 Å². The summed E-state index contributed by atoms with van der Waals surface area (Å²) >= 11 is 2.43. The molecule has 0 aromatic heterocycles. The fourth-order valence-corrected chi connectivity index (χ4v) is 3.10. The molecule has 0 unspecified atom stereocenters. The van der Waals surface area contributed by atoms with E-state index in [1.807, 2.05) is 0 Å². The van der Waals surface area contributed by atoms with Gasteiger partial charge in [0.1, 0.15) is 0 Å². The molecule has 1 N–H and O–H groups in total. The topological polar surface area (TPSA) is 54.4 Å². The highest BCUT2D eigenvalue weighted by Crippen LogP contribution is 2.29. The molecule has 0 bridgehead atoms. The van der Waals surface area contributed by atoms with E-state index in [0.29, 0.717) is 0 Å². The van der Waals surface area contributed by atoms with Gasteiger partial charge in [-0.15, -0.1) is 0 Å². The molecule has 8 heteroatoms. The van der Waals surface area contributed by atoms with E-state index >= 15 is 0 Å². The molecule has 0 amide bonds. The van der Waals surface area contributed by atoms with Crippen molar-refractivity contribution in [1.29, 1.82) is 0 Å². The van der Waals surface area contributed by atoms with Gasteiger partial charge in [-0.3, -0.25) is 4.55 Å². The van der Waals surface area contributed by atoms with Crippen LogP contribution in [0.1, 0.15) is 38.2 Å². The molecule has 0 aliphatic rings. The summed E-state index contributed by atoms with van der Waals surface area (Å²) in [5, 5.41) is 0. The van der Waals surface area contributed by atoms with Crippen LogP contribution in [0.2, 0.25) is 0 Å². The summed E-state index contributed by atoms with van der Waals surface area (Å²) in [5.74, 6) is 0. The van der Waals surface area contributed by atoms with Crippen molar-refractivity contribution in [2.24, 2.45) is 0 Å². The number of benzene rings is 2. The van der Waals surface area contributed by atoms with Crippen molar-refractivity contribution in [3.63, 3.8) is 0 Å². The SMILES string of the molecule is CCCCCCc1ccccc1-c1ccccc1I.O=S(=O)(O)C(F)(F)F. The summed E-state index contributed by atoms with van der Waals surface area (Å²) in [6.45, 7) is 2.26. The number of halogens is 4. The molecular weight excluding hydrogens is 492 g/mol. The van der Waals surface area contributed by atoms with Gasteiger partial charge < -0.3 is 0 Å². The first-order valence-corrected chi connectivity index (χ1v) is 11.0. The molecular formula is C19H22F3IO3S. The second-order valence-electron chi connectivity index (χ2n) is 5.87. The molecule has 150 valence electrons. The summed E-state index contributed by atoms with van der Waals surface area (Å²) in [6, 6.07) is 17.5. The minimum atomic E-state index is -5.84. The maximum absolute atomic E-state index is 10.7. The van der Waals surface area contributed by atoms with Gasteiger partial charge in [0.15, 0.2) is 0 Å². The van der Waals surface area contributed by atoms with Crippen LogP contribution in [0.3, 0.4) is 0 Å². The second kappa shape index (κ2) is 11.0. The summed E-state index contributed by atoms with van der Waals surface area (Å²) in [4.78, 5) is 0. The fraction of sp³-hybridized carbons (Fsp3) is 0.368. The number of rotatable bonds is 6. The van der Waals surface area contributed by atoms with Gasteiger partial charge in [0.05, 0.1) is 0 Å². The van der Waals surface area contributed by atoms with Crippen molar-refractivity contribution < 1.29 is 26.1 Å². The van der Waals surface area contributed by atoms with Crippen molar-refractivity contribution >= 4 is 32.7 Å².